The molecule has 0 aromatic heterocycles. The molecule has 0 saturated heterocycles. The van der Waals surface area contributed by atoms with Crippen molar-refractivity contribution in [1.82, 2.24) is 16.0 Å². The molecule has 7 nitrogen and oxygen atoms in total. The van der Waals surface area contributed by atoms with Gasteiger partial charge in [-0.15, -0.1) is 24.0 Å². The molecule has 0 bridgehead atoms. The highest BCUT2D eigenvalue weighted by Gasteiger charge is 2.10. The Morgan fingerprint density at radius 2 is 1.84 bits per heavy atom. The first-order valence-corrected chi connectivity index (χ1v) is 10.4. The summed E-state index contributed by atoms with van der Waals surface area (Å²) in [5, 5.41) is 9.28. The summed E-state index contributed by atoms with van der Waals surface area (Å²) in [7, 11) is 1.64. The van der Waals surface area contributed by atoms with Crippen LogP contribution in [0.3, 0.4) is 0 Å². The van der Waals surface area contributed by atoms with Gasteiger partial charge in [0.2, 0.25) is 0 Å². The van der Waals surface area contributed by atoms with Crippen LogP contribution in [0.5, 0.6) is 11.5 Å². The molecule has 1 amide bonds. The Bertz CT molecular complexity index is 889. The zero-order valence-corrected chi connectivity index (χ0v) is 20.4. The number of carbonyl (C=O) groups excluding carboxylic acids is 1. The summed E-state index contributed by atoms with van der Waals surface area (Å²) >= 11 is 0. The normalized spacial score (nSPS) is 12.9. The van der Waals surface area contributed by atoms with Crippen LogP contribution in [0.25, 0.3) is 0 Å². The molecule has 1 aliphatic rings. The van der Waals surface area contributed by atoms with Crippen molar-refractivity contribution >= 4 is 35.8 Å². The molecule has 0 spiro atoms. The van der Waals surface area contributed by atoms with Crippen molar-refractivity contribution in [3.63, 3.8) is 0 Å². The monoisotopic (exact) mass is 538 g/mol. The zero-order valence-electron chi connectivity index (χ0n) is 18.1. The molecule has 3 rings (SSSR count). The average molecular weight is 538 g/mol. The molecule has 0 saturated carbocycles. The lowest BCUT2D eigenvalue weighted by Crippen LogP contribution is -2.38. The number of fused-ring (bicyclic) bond motifs is 1. The molecule has 1 heterocycles. The summed E-state index contributed by atoms with van der Waals surface area (Å²) in [6, 6.07) is 13.6. The third kappa shape index (κ3) is 7.61. The number of carbonyl (C=O) groups is 1. The van der Waals surface area contributed by atoms with Crippen molar-refractivity contribution in [3.05, 3.63) is 59.2 Å². The van der Waals surface area contributed by atoms with E-state index in [9.17, 15) is 4.79 Å². The van der Waals surface area contributed by atoms with Crippen molar-refractivity contribution in [2.75, 3.05) is 33.4 Å². The second-order valence-electron chi connectivity index (χ2n) is 6.98. The maximum atomic E-state index is 11.8. The van der Waals surface area contributed by atoms with Crippen LogP contribution in [0.2, 0.25) is 0 Å². The first-order valence-electron chi connectivity index (χ1n) is 10.4. The van der Waals surface area contributed by atoms with E-state index in [1.807, 2.05) is 49.4 Å². The number of aliphatic imine (C=N–C) groups is 1. The summed E-state index contributed by atoms with van der Waals surface area (Å²) in [6.45, 7) is 5.43. The highest BCUT2D eigenvalue weighted by Crippen LogP contribution is 2.30. The maximum absolute atomic E-state index is 11.8. The largest absolute Gasteiger partial charge is 0.490 e. The van der Waals surface area contributed by atoms with E-state index in [1.165, 1.54) is 0 Å². The standard InChI is InChI=1S/C23H30N4O3.HI/c1-3-25-23(26-11-10-17-6-4-7-19(14-17)22(28)24-2)27-16-18-8-9-20-21(15-18)30-13-5-12-29-20;/h4,6-9,14-15H,3,5,10-13,16H2,1-2H3,(H,24,28)(H2,25,26,27);1H. The van der Waals surface area contributed by atoms with Gasteiger partial charge in [-0.1, -0.05) is 18.2 Å². The third-order valence-electron chi connectivity index (χ3n) is 4.70. The number of benzene rings is 2. The van der Waals surface area contributed by atoms with Gasteiger partial charge >= 0.3 is 0 Å². The van der Waals surface area contributed by atoms with Gasteiger partial charge in [0, 0.05) is 32.1 Å². The lowest BCUT2D eigenvalue weighted by molar-refractivity contribution is 0.0963. The number of nitrogens with zero attached hydrogens (tertiary/aromatic N) is 1. The number of nitrogens with one attached hydrogen (secondary N) is 3. The smallest absolute Gasteiger partial charge is 0.251 e. The SMILES string of the molecule is CCNC(=NCc1ccc2c(c1)OCCCO2)NCCc1cccc(C(=O)NC)c1.I. The van der Waals surface area contributed by atoms with Gasteiger partial charge in [-0.2, -0.15) is 0 Å². The van der Waals surface area contributed by atoms with Crippen LogP contribution in [-0.4, -0.2) is 45.2 Å². The minimum absolute atomic E-state index is 0. The molecule has 0 aliphatic carbocycles. The molecule has 0 radical (unpaired) electrons. The summed E-state index contributed by atoms with van der Waals surface area (Å²) in [5.74, 6) is 2.26. The molecular weight excluding hydrogens is 507 g/mol. The van der Waals surface area contributed by atoms with Crippen LogP contribution in [-0.2, 0) is 13.0 Å². The van der Waals surface area contributed by atoms with E-state index in [2.05, 4.69) is 20.9 Å². The Hall–Kier alpha value is -2.49. The molecular formula is C23H31IN4O3. The van der Waals surface area contributed by atoms with Gasteiger partial charge in [-0.3, -0.25) is 4.79 Å². The van der Waals surface area contributed by atoms with Crippen LogP contribution in [0.1, 0.15) is 34.8 Å². The molecule has 0 unspecified atom stereocenters. The quantitative estimate of drug-likeness (QED) is 0.287. The Morgan fingerprint density at radius 1 is 1.03 bits per heavy atom. The minimum atomic E-state index is -0.0742. The van der Waals surface area contributed by atoms with Crippen molar-refractivity contribution in [1.29, 1.82) is 0 Å². The number of halogens is 1. The molecule has 2 aromatic carbocycles. The second-order valence-corrected chi connectivity index (χ2v) is 6.98. The van der Waals surface area contributed by atoms with Gasteiger partial charge in [0.1, 0.15) is 0 Å². The van der Waals surface area contributed by atoms with E-state index >= 15 is 0 Å². The summed E-state index contributed by atoms with van der Waals surface area (Å²) in [4.78, 5) is 16.5. The Labute approximate surface area is 201 Å². The van der Waals surface area contributed by atoms with Gasteiger partial charge in [-0.05, 0) is 48.7 Å². The number of hydrogen-bond donors (Lipinski definition) is 3. The molecule has 0 fully saturated rings. The Kier molecular flexibility index (Phi) is 10.4. The van der Waals surface area contributed by atoms with E-state index in [-0.39, 0.29) is 29.9 Å². The molecule has 1 aliphatic heterocycles. The molecule has 2 aromatic rings. The molecule has 3 N–H and O–H groups in total. The van der Waals surface area contributed by atoms with Crippen molar-refractivity contribution in [2.24, 2.45) is 4.99 Å². The number of amides is 1. The van der Waals surface area contributed by atoms with Crippen LogP contribution in [0.4, 0.5) is 0 Å². The lowest BCUT2D eigenvalue weighted by Gasteiger charge is -2.12. The van der Waals surface area contributed by atoms with Crippen molar-refractivity contribution in [2.45, 2.75) is 26.3 Å². The average Bonchev–Trinajstić information content (AvgIpc) is 3.02. The second kappa shape index (κ2) is 13.0. The van der Waals surface area contributed by atoms with E-state index in [0.29, 0.717) is 31.9 Å². The van der Waals surface area contributed by atoms with Crippen molar-refractivity contribution in [3.8, 4) is 11.5 Å². The van der Waals surface area contributed by atoms with E-state index in [1.54, 1.807) is 7.05 Å². The predicted octanol–water partition coefficient (Wildman–Crippen LogP) is 3.12. The fraction of sp³-hybridized carbons (Fsp3) is 0.391. The third-order valence-corrected chi connectivity index (χ3v) is 4.70. The number of rotatable bonds is 7. The highest BCUT2D eigenvalue weighted by molar-refractivity contribution is 14.0. The molecule has 31 heavy (non-hydrogen) atoms. The summed E-state index contributed by atoms with van der Waals surface area (Å²) in [6.07, 6.45) is 1.68. The number of ether oxygens (including phenoxy) is 2. The maximum Gasteiger partial charge on any atom is 0.251 e. The first-order chi connectivity index (χ1) is 14.7. The summed E-state index contributed by atoms with van der Waals surface area (Å²) < 4.78 is 11.4. The summed E-state index contributed by atoms with van der Waals surface area (Å²) in [5.41, 5.74) is 2.84. The van der Waals surface area contributed by atoms with Gasteiger partial charge < -0.3 is 25.4 Å². The predicted molar refractivity (Wildman–Crippen MR) is 134 cm³/mol. The fourth-order valence-corrected chi connectivity index (χ4v) is 3.16. The zero-order chi connectivity index (χ0) is 21.2. The molecule has 8 heteroatoms. The molecule has 168 valence electrons. The number of hydrogen-bond acceptors (Lipinski definition) is 4. The Morgan fingerprint density at radius 3 is 2.61 bits per heavy atom. The number of guanidine groups is 1. The van der Waals surface area contributed by atoms with E-state index in [0.717, 1.165) is 48.0 Å². The lowest BCUT2D eigenvalue weighted by atomic mass is 10.1. The van der Waals surface area contributed by atoms with Crippen LogP contribution >= 0.6 is 24.0 Å². The fourth-order valence-electron chi connectivity index (χ4n) is 3.16. The van der Waals surface area contributed by atoms with E-state index < -0.39 is 0 Å². The van der Waals surface area contributed by atoms with Crippen LogP contribution in [0, 0.1) is 0 Å². The van der Waals surface area contributed by atoms with E-state index in [4.69, 9.17) is 9.47 Å². The van der Waals surface area contributed by atoms with Gasteiger partial charge in [0.15, 0.2) is 17.5 Å². The first kappa shape index (κ1) is 24.8. The van der Waals surface area contributed by atoms with Crippen LogP contribution < -0.4 is 25.4 Å². The topological polar surface area (TPSA) is 84.0 Å². The highest BCUT2D eigenvalue weighted by atomic mass is 127. The van der Waals surface area contributed by atoms with Crippen molar-refractivity contribution < 1.29 is 14.3 Å². The van der Waals surface area contributed by atoms with Gasteiger partial charge in [0.05, 0.1) is 19.8 Å². The van der Waals surface area contributed by atoms with Gasteiger partial charge in [0.25, 0.3) is 5.91 Å². The van der Waals surface area contributed by atoms with Crippen LogP contribution in [0.15, 0.2) is 47.5 Å². The Balaban J connectivity index is 0.00000341. The molecule has 0 atom stereocenters. The van der Waals surface area contributed by atoms with Gasteiger partial charge in [-0.25, -0.2) is 4.99 Å². The minimum Gasteiger partial charge on any atom is -0.490 e.